The maximum atomic E-state index is 11.9. The Hall–Kier alpha value is -1.10. The average molecular weight is 242 g/mol. The Morgan fingerprint density at radius 3 is 2.65 bits per heavy atom. The molecule has 0 aromatic rings. The SMILES string of the molecule is CC(C)C(N)CC(=O)N1CCC[C@@H](C(=O)O)C1. The molecule has 3 N–H and O–H groups in total. The molecule has 5 nitrogen and oxygen atoms in total. The average Bonchev–Trinajstić information content (AvgIpc) is 2.28. The van der Waals surface area contributed by atoms with Gasteiger partial charge in [-0.3, -0.25) is 9.59 Å². The Morgan fingerprint density at radius 2 is 2.12 bits per heavy atom. The molecule has 1 saturated heterocycles. The van der Waals surface area contributed by atoms with Crippen LogP contribution in [0, 0.1) is 11.8 Å². The molecule has 0 aromatic heterocycles. The number of hydrogen-bond acceptors (Lipinski definition) is 3. The molecule has 1 heterocycles. The summed E-state index contributed by atoms with van der Waals surface area (Å²) < 4.78 is 0. The van der Waals surface area contributed by atoms with Gasteiger partial charge in [-0.2, -0.15) is 0 Å². The zero-order chi connectivity index (χ0) is 13.0. The van der Waals surface area contributed by atoms with Gasteiger partial charge in [0.15, 0.2) is 0 Å². The van der Waals surface area contributed by atoms with E-state index in [1.54, 1.807) is 4.90 Å². The zero-order valence-electron chi connectivity index (χ0n) is 10.6. The lowest BCUT2D eigenvalue weighted by Gasteiger charge is -2.31. The lowest BCUT2D eigenvalue weighted by atomic mass is 9.96. The van der Waals surface area contributed by atoms with Gasteiger partial charge in [-0.1, -0.05) is 13.8 Å². The molecule has 0 spiro atoms. The minimum atomic E-state index is -0.810. The molecule has 0 bridgehead atoms. The molecule has 0 aliphatic carbocycles. The van der Waals surface area contributed by atoms with Gasteiger partial charge in [-0.15, -0.1) is 0 Å². The summed E-state index contributed by atoms with van der Waals surface area (Å²) in [6.07, 6.45) is 1.74. The minimum Gasteiger partial charge on any atom is -0.481 e. The van der Waals surface area contributed by atoms with Crippen molar-refractivity contribution in [3.05, 3.63) is 0 Å². The lowest BCUT2D eigenvalue weighted by Crippen LogP contribution is -2.44. The van der Waals surface area contributed by atoms with Gasteiger partial charge in [0.1, 0.15) is 0 Å². The molecule has 1 unspecified atom stereocenters. The molecular weight excluding hydrogens is 220 g/mol. The Bertz CT molecular complexity index is 291. The van der Waals surface area contributed by atoms with E-state index in [1.165, 1.54) is 0 Å². The highest BCUT2D eigenvalue weighted by atomic mass is 16.4. The maximum absolute atomic E-state index is 11.9. The van der Waals surface area contributed by atoms with Crippen LogP contribution in [0.25, 0.3) is 0 Å². The van der Waals surface area contributed by atoms with E-state index in [2.05, 4.69) is 0 Å². The second-order valence-electron chi connectivity index (χ2n) is 5.13. The fraction of sp³-hybridized carbons (Fsp3) is 0.833. The van der Waals surface area contributed by atoms with Gasteiger partial charge < -0.3 is 15.7 Å². The van der Waals surface area contributed by atoms with E-state index in [-0.39, 0.29) is 17.9 Å². The van der Waals surface area contributed by atoms with Crippen LogP contribution in [0.3, 0.4) is 0 Å². The second kappa shape index (κ2) is 6.00. The fourth-order valence-electron chi connectivity index (χ4n) is 1.97. The predicted octanol–water partition coefficient (Wildman–Crippen LogP) is 0.683. The standard InChI is InChI=1S/C12H22N2O3/c1-8(2)10(13)6-11(15)14-5-3-4-9(7-14)12(16)17/h8-10H,3-7,13H2,1-2H3,(H,16,17)/t9-,10?/m1/s1. The Labute approximate surface area is 102 Å². The molecule has 98 valence electrons. The first-order chi connectivity index (χ1) is 7.91. The van der Waals surface area contributed by atoms with Crippen LogP contribution in [0.4, 0.5) is 0 Å². The van der Waals surface area contributed by atoms with E-state index in [0.717, 1.165) is 6.42 Å². The van der Waals surface area contributed by atoms with E-state index in [0.29, 0.717) is 25.9 Å². The van der Waals surface area contributed by atoms with Crippen molar-refractivity contribution in [1.29, 1.82) is 0 Å². The van der Waals surface area contributed by atoms with E-state index >= 15 is 0 Å². The van der Waals surface area contributed by atoms with Gasteiger partial charge in [0, 0.05) is 25.6 Å². The first-order valence-corrected chi connectivity index (χ1v) is 6.18. The van der Waals surface area contributed by atoms with Gasteiger partial charge in [-0.05, 0) is 18.8 Å². The van der Waals surface area contributed by atoms with Crippen molar-refractivity contribution in [2.24, 2.45) is 17.6 Å². The highest BCUT2D eigenvalue weighted by Crippen LogP contribution is 2.18. The summed E-state index contributed by atoms with van der Waals surface area (Å²) in [7, 11) is 0. The summed E-state index contributed by atoms with van der Waals surface area (Å²) in [6, 6.07) is -0.146. The smallest absolute Gasteiger partial charge is 0.308 e. The lowest BCUT2D eigenvalue weighted by molar-refractivity contribution is -0.145. The number of piperidine rings is 1. The second-order valence-corrected chi connectivity index (χ2v) is 5.13. The Balaban J connectivity index is 2.49. The van der Waals surface area contributed by atoms with E-state index in [4.69, 9.17) is 10.8 Å². The monoisotopic (exact) mass is 242 g/mol. The van der Waals surface area contributed by atoms with Crippen LogP contribution in [0.5, 0.6) is 0 Å². The number of nitrogens with zero attached hydrogens (tertiary/aromatic N) is 1. The van der Waals surface area contributed by atoms with Crippen molar-refractivity contribution in [3.63, 3.8) is 0 Å². The normalized spacial score (nSPS) is 22.6. The first-order valence-electron chi connectivity index (χ1n) is 6.18. The van der Waals surface area contributed by atoms with Gasteiger partial charge in [0.2, 0.25) is 5.91 Å². The molecule has 2 atom stereocenters. The number of aliphatic carboxylic acids is 1. The van der Waals surface area contributed by atoms with Crippen molar-refractivity contribution in [2.45, 2.75) is 39.2 Å². The van der Waals surface area contributed by atoms with Crippen molar-refractivity contribution < 1.29 is 14.7 Å². The van der Waals surface area contributed by atoms with Gasteiger partial charge in [-0.25, -0.2) is 0 Å². The van der Waals surface area contributed by atoms with Gasteiger partial charge in [0.05, 0.1) is 5.92 Å². The first kappa shape index (κ1) is 14.0. The Kier molecular flexibility index (Phi) is 4.93. The fourth-order valence-corrected chi connectivity index (χ4v) is 1.97. The van der Waals surface area contributed by atoms with Crippen LogP contribution < -0.4 is 5.73 Å². The molecule has 0 saturated carbocycles. The number of carboxylic acids is 1. The van der Waals surface area contributed by atoms with Crippen molar-refractivity contribution in [2.75, 3.05) is 13.1 Å². The van der Waals surface area contributed by atoms with E-state index < -0.39 is 11.9 Å². The van der Waals surface area contributed by atoms with Crippen molar-refractivity contribution in [3.8, 4) is 0 Å². The molecule has 5 heteroatoms. The van der Waals surface area contributed by atoms with Crippen LogP contribution in [0.2, 0.25) is 0 Å². The zero-order valence-corrected chi connectivity index (χ0v) is 10.6. The van der Waals surface area contributed by atoms with Crippen LogP contribution in [-0.4, -0.2) is 41.0 Å². The Morgan fingerprint density at radius 1 is 1.47 bits per heavy atom. The molecule has 17 heavy (non-hydrogen) atoms. The number of hydrogen-bond donors (Lipinski definition) is 2. The summed E-state index contributed by atoms with van der Waals surface area (Å²) in [4.78, 5) is 24.5. The molecule has 1 amide bonds. The predicted molar refractivity (Wildman–Crippen MR) is 64.4 cm³/mol. The molecular formula is C12H22N2O3. The number of likely N-dealkylation sites (tertiary alicyclic amines) is 1. The number of nitrogens with two attached hydrogens (primary N) is 1. The van der Waals surface area contributed by atoms with Crippen LogP contribution in [0.1, 0.15) is 33.1 Å². The molecule has 1 fully saturated rings. The highest BCUT2D eigenvalue weighted by Gasteiger charge is 2.28. The molecule has 1 rings (SSSR count). The van der Waals surface area contributed by atoms with Crippen LogP contribution >= 0.6 is 0 Å². The quantitative estimate of drug-likeness (QED) is 0.759. The highest BCUT2D eigenvalue weighted by molar-refractivity contribution is 5.78. The molecule has 1 aliphatic rings. The summed E-state index contributed by atoms with van der Waals surface area (Å²) in [5, 5.41) is 8.95. The third-order valence-corrected chi connectivity index (χ3v) is 3.39. The van der Waals surface area contributed by atoms with Gasteiger partial charge in [0.25, 0.3) is 0 Å². The molecule has 0 radical (unpaired) electrons. The third kappa shape index (κ3) is 4.00. The van der Waals surface area contributed by atoms with Crippen LogP contribution in [-0.2, 0) is 9.59 Å². The number of carbonyl (C=O) groups excluding carboxylic acids is 1. The molecule has 0 aromatic carbocycles. The summed E-state index contributed by atoms with van der Waals surface area (Å²) in [6.45, 7) is 4.95. The number of amides is 1. The number of carboxylic acid groups (broad SMARTS) is 1. The minimum absolute atomic E-state index is 0.0165. The number of carbonyl (C=O) groups is 2. The summed E-state index contributed by atoms with van der Waals surface area (Å²) in [5.41, 5.74) is 5.85. The summed E-state index contributed by atoms with van der Waals surface area (Å²) in [5.74, 6) is -0.977. The van der Waals surface area contributed by atoms with E-state index in [9.17, 15) is 9.59 Å². The summed E-state index contributed by atoms with van der Waals surface area (Å²) >= 11 is 0. The van der Waals surface area contributed by atoms with E-state index in [1.807, 2.05) is 13.8 Å². The maximum Gasteiger partial charge on any atom is 0.308 e. The molecule has 1 aliphatic heterocycles. The van der Waals surface area contributed by atoms with Crippen molar-refractivity contribution >= 4 is 11.9 Å². The largest absolute Gasteiger partial charge is 0.481 e. The van der Waals surface area contributed by atoms with Crippen molar-refractivity contribution in [1.82, 2.24) is 4.90 Å². The topological polar surface area (TPSA) is 83.6 Å². The number of rotatable bonds is 4. The third-order valence-electron chi connectivity index (χ3n) is 3.39. The van der Waals surface area contributed by atoms with Gasteiger partial charge >= 0.3 is 5.97 Å². The van der Waals surface area contributed by atoms with Crippen LogP contribution in [0.15, 0.2) is 0 Å².